The molecule has 118 valence electrons. The van der Waals surface area contributed by atoms with E-state index in [-0.39, 0.29) is 11.9 Å². The first-order valence-corrected chi connectivity index (χ1v) is 7.74. The van der Waals surface area contributed by atoms with Crippen LogP contribution in [0.25, 0.3) is 0 Å². The minimum atomic E-state index is 0.143. The van der Waals surface area contributed by atoms with Crippen LogP contribution in [0.2, 0.25) is 5.02 Å². The van der Waals surface area contributed by atoms with E-state index < -0.39 is 0 Å². The second-order valence-corrected chi connectivity index (χ2v) is 5.78. The molecule has 6 heteroatoms. The van der Waals surface area contributed by atoms with Crippen LogP contribution in [0, 0.1) is 11.3 Å². The summed E-state index contributed by atoms with van der Waals surface area (Å²) >= 11 is 5.90. The molecular weight excluding hydrogens is 302 g/mol. The number of benzene rings is 1. The highest BCUT2D eigenvalue weighted by atomic mass is 35.5. The van der Waals surface area contributed by atoms with E-state index in [4.69, 9.17) is 21.6 Å². The Morgan fingerprint density at radius 2 is 2.23 bits per heavy atom. The molecule has 0 saturated carbocycles. The Bertz CT molecular complexity index is 563. The molecule has 1 saturated heterocycles. The molecule has 0 unspecified atom stereocenters. The number of carbonyl (C=O) groups is 1. The molecule has 1 amide bonds. The monoisotopic (exact) mass is 321 g/mol. The summed E-state index contributed by atoms with van der Waals surface area (Å²) in [7, 11) is 1.60. The van der Waals surface area contributed by atoms with Crippen LogP contribution >= 0.6 is 11.6 Å². The molecular formula is C16H20ClN3O2. The van der Waals surface area contributed by atoms with Crippen LogP contribution in [0.5, 0.6) is 0 Å². The highest BCUT2D eigenvalue weighted by molar-refractivity contribution is 6.30. The quantitative estimate of drug-likeness (QED) is 0.905. The summed E-state index contributed by atoms with van der Waals surface area (Å²) in [5, 5.41) is 13.1. The van der Waals surface area contributed by atoms with E-state index >= 15 is 0 Å². The summed E-state index contributed by atoms with van der Waals surface area (Å²) < 4.78 is 4.94. The average molecular weight is 322 g/mol. The average Bonchev–Trinajstić information content (AvgIpc) is 2.54. The van der Waals surface area contributed by atoms with E-state index in [0.29, 0.717) is 23.6 Å². The van der Waals surface area contributed by atoms with Crippen molar-refractivity contribution in [2.75, 3.05) is 32.1 Å². The lowest BCUT2D eigenvalue weighted by atomic mass is 10.0. The van der Waals surface area contributed by atoms with Gasteiger partial charge in [0.05, 0.1) is 24.3 Å². The number of carbonyl (C=O) groups excluding carboxylic acids is 1. The molecule has 22 heavy (non-hydrogen) atoms. The Morgan fingerprint density at radius 3 is 2.86 bits per heavy atom. The van der Waals surface area contributed by atoms with Gasteiger partial charge in [-0.15, -0.1) is 0 Å². The van der Waals surface area contributed by atoms with Crippen LogP contribution in [0.3, 0.4) is 0 Å². The number of hydrogen-bond acceptors (Lipinski definition) is 4. The Labute approximate surface area is 135 Å². The van der Waals surface area contributed by atoms with Crippen molar-refractivity contribution < 1.29 is 9.53 Å². The van der Waals surface area contributed by atoms with Crippen molar-refractivity contribution in [2.24, 2.45) is 0 Å². The Hall–Kier alpha value is -1.77. The van der Waals surface area contributed by atoms with Crippen LogP contribution in [0.15, 0.2) is 18.2 Å². The molecule has 2 rings (SSSR count). The van der Waals surface area contributed by atoms with Crippen molar-refractivity contribution in [1.29, 1.82) is 5.26 Å². The largest absolute Gasteiger partial charge is 0.384 e. The summed E-state index contributed by atoms with van der Waals surface area (Å²) in [6.07, 6.45) is 2.17. The first-order chi connectivity index (χ1) is 10.6. The third-order valence-corrected chi connectivity index (χ3v) is 4.06. The van der Waals surface area contributed by atoms with E-state index in [1.165, 1.54) is 0 Å². The maximum atomic E-state index is 11.9. The first kappa shape index (κ1) is 16.6. The summed E-state index contributed by atoms with van der Waals surface area (Å²) in [5.74, 6) is 0.143. The van der Waals surface area contributed by atoms with Gasteiger partial charge in [-0.05, 0) is 31.0 Å². The van der Waals surface area contributed by atoms with Crippen LogP contribution < -0.4 is 5.32 Å². The maximum Gasteiger partial charge on any atom is 0.224 e. The fourth-order valence-electron chi connectivity index (χ4n) is 2.58. The number of ether oxygens (including phenoxy) is 1. The molecule has 0 aromatic heterocycles. The lowest BCUT2D eigenvalue weighted by Crippen LogP contribution is -2.42. The molecule has 0 spiro atoms. The number of piperidine rings is 1. The molecule has 1 aromatic rings. The summed E-state index contributed by atoms with van der Waals surface area (Å²) in [6, 6.07) is 7.68. The molecule has 1 heterocycles. The van der Waals surface area contributed by atoms with Crippen molar-refractivity contribution in [3.8, 4) is 6.07 Å². The van der Waals surface area contributed by atoms with Gasteiger partial charge in [0, 0.05) is 31.3 Å². The molecule has 1 aliphatic heterocycles. The fraction of sp³-hybridized carbons (Fsp3) is 0.500. The van der Waals surface area contributed by atoms with Crippen molar-refractivity contribution in [1.82, 2.24) is 4.90 Å². The number of anilines is 1. The van der Waals surface area contributed by atoms with E-state index in [2.05, 4.69) is 11.4 Å². The zero-order valence-corrected chi connectivity index (χ0v) is 13.4. The summed E-state index contributed by atoms with van der Waals surface area (Å²) in [4.78, 5) is 13.8. The lowest BCUT2D eigenvalue weighted by molar-refractivity contribution is -0.133. The standard InChI is InChI=1S/C16H20ClN3O2/c1-22-9-6-16(21)20-7-4-14(5-8-20)19-15-3-2-13(17)10-12(15)11-18/h2-3,10,14,19H,4-9H2,1H3. The zero-order valence-electron chi connectivity index (χ0n) is 12.6. The second kappa shape index (κ2) is 8.02. The van der Waals surface area contributed by atoms with E-state index in [0.717, 1.165) is 31.6 Å². The Kier molecular flexibility index (Phi) is 6.05. The van der Waals surface area contributed by atoms with Gasteiger partial charge < -0.3 is 15.0 Å². The topological polar surface area (TPSA) is 65.4 Å². The number of nitrogens with one attached hydrogen (secondary N) is 1. The van der Waals surface area contributed by atoms with Gasteiger partial charge in [0.1, 0.15) is 6.07 Å². The van der Waals surface area contributed by atoms with Crippen molar-refractivity contribution in [2.45, 2.75) is 25.3 Å². The Morgan fingerprint density at radius 1 is 1.50 bits per heavy atom. The number of likely N-dealkylation sites (tertiary alicyclic amines) is 1. The van der Waals surface area contributed by atoms with Crippen LogP contribution in [0.1, 0.15) is 24.8 Å². The first-order valence-electron chi connectivity index (χ1n) is 7.37. The van der Waals surface area contributed by atoms with E-state index in [9.17, 15) is 4.79 Å². The summed E-state index contributed by atoms with van der Waals surface area (Å²) in [5.41, 5.74) is 1.35. The number of amides is 1. The van der Waals surface area contributed by atoms with E-state index in [1.54, 1.807) is 19.2 Å². The van der Waals surface area contributed by atoms with Crippen molar-refractivity contribution in [3.63, 3.8) is 0 Å². The van der Waals surface area contributed by atoms with Gasteiger partial charge in [-0.3, -0.25) is 4.79 Å². The normalized spacial score (nSPS) is 15.4. The van der Waals surface area contributed by atoms with E-state index in [1.807, 2.05) is 11.0 Å². The van der Waals surface area contributed by atoms with Gasteiger partial charge >= 0.3 is 0 Å². The lowest BCUT2D eigenvalue weighted by Gasteiger charge is -2.33. The molecule has 0 atom stereocenters. The highest BCUT2D eigenvalue weighted by Crippen LogP contribution is 2.23. The number of halogens is 1. The third kappa shape index (κ3) is 4.36. The van der Waals surface area contributed by atoms with Gasteiger partial charge in [-0.1, -0.05) is 11.6 Å². The predicted molar refractivity (Wildman–Crippen MR) is 85.9 cm³/mol. The molecule has 1 N–H and O–H groups in total. The van der Waals surface area contributed by atoms with Crippen LogP contribution in [-0.2, 0) is 9.53 Å². The number of nitrogens with zero attached hydrogens (tertiary/aromatic N) is 2. The van der Waals surface area contributed by atoms with Crippen LogP contribution in [-0.4, -0.2) is 43.7 Å². The maximum absolute atomic E-state index is 11.9. The minimum absolute atomic E-state index is 0.143. The van der Waals surface area contributed by atoms with Gasteiger partial charge in [0.15, 0.2) is 0 Å². The van der Waals surface area contributed by atoms with Gasteiger partial charge in [0.2, 0.25) is 5.91 Å². The molecule has 0 radical (unpaired) electrons. The third-order valence-electron chi connectivity index (χ3n) is 3.83. The fourth-order valence-corrected chi connectivity index (χ4v) is 2.75. The highest BCUT2D eigenvalue weighted by Gasteiger charge is 2.22. The Balaban J connectivity index is 1.88. The van der Waals surface area contributed by atoms with Gasteiger partial charge in [-0.2, -0.15) is 5.26 Å². The molecule has 5 nitrogen and oxygen atoms in total. The SMILES string of the molecule is COCCC(=O)N1CCC(Nc2ccc(Cl)cc2C#N)CC1. The van der Waals surface area contributed by atoms with Gasteiger partial charge in [-0.25, -0.2) is 0 Å². The van der Waals surface area contributed by atoms with Crippen molar-refractivity contribution in [3.05, 3.63) is 28.8 Å². The number of methoxy groups -OCH3 is 1. The van der Waals surface area contributed by atoms with Gasteiger partial charge in [0.25, 0.3) is 0 Å². The number of nitriles is 1. The second-order valence-electron chi connectivity index (χ2n) is 5.34. The predicted octanol–water partition coefficient (Wildman–Crippen LogP) is 2.65. The smallest absolute Gasteiger partial charge is 0.224 e. The molecule has 0 aliphatic carbocycles. The number of hydrogen-bond donors (Lipinski definition) is 1. The molecule has 1 fully saturated rings. The minimum Gasteiger partial charge on any atom is -0.384 e. The summed E-state index contributed by atoms with van der Waals surface area (Å²) in [6.45, 7) is 1.93. The van der Waals surface area contributed by atoms with Crippen LogP contribution in [0.4, 0.5) is 5.69 Å². The zero-order chi connectivity index (χ0) is 15.9. The molecule has 1 aromatic carbocycles. The number of rotatable bonds is 5. The van der Waals surface area contributed by atoms with Crippen molar-refractivity contribution >= 4 is 23.2 Å². The molecule has 0 bridgehead atoms. The molecule has 1 aliphatic rings.